The van der Waals surface area contributed by atoms with Crippen LogP contribution in [0.1, 0.15) is 23.6 Å². The summed E-state index contributed by atoms with van der Waals surface area (Å²) in [6, 6.07) is 1.16. The number of nitrogens with one attached hydrogen (secondary N) is 1. The molecule has 3 aromatic rings. The summed E-state index contributed by atoms with van der Waals surface area (Å²) in [4.78, 5) is 21.2. The molecule has 7 nitrogen and oxygen atoms in total. The molecular formula is C13H12FN5O2S. The topological polar surface area (TPSA) is 81.4 Å². The summed E-state index contributed by atoms with van der Waals surface area (Å²) < 4.78 is 20.0. The molecule has 22 heavy (non-hydrogen) atoms. The molecule has 0 aliphatic carbocycles. The normalized spacial score (nSPS) is 12.3. The van der Waals surface area contributed by atoms with Crippen LogP contribution >= 0.6 is 11.3 Å². The van der Waals surface area contributed by atoms with E-state index in [0.29, 0.717) is 0 Å². The Labute approximate surface area is 128 Å². The predicted molar refractivity (Wildman–Crippen MR) is 78.3 cm³/mol. The fraction of sp³-hybridized carbons (Fsp3) is 0.231. The van der Waals surface area contributed by atoms with E-state index in [9.17, 15) is 9.18 Å². The van der Waals surface area contributed by atoms with Gasteiger partial charge in [-0.05, 0) is 13.8 Å². The van der Waals surface area contributed by atoms with Crippen LogP contribution in [0.4, 0.5) is 14.9 Å². The number of carbonyl (C=O) groups is 1. The van der Waals surface area contributed by atoms with Crippen LogP contribution < -0.4 is 5.32 Å². The van der Waals surface area contributed by atoms with Crippen molar-refractivity contribution in [2.45, 2.75) is 20.0 Å². The van der Waals surface area contributed by atoms with E-state index in [4.69, 9.17) is 4.74 Å². The third-order valence-electron chi connectivity index (χ3n) is 3.00. The minimum Gasteiger partial charge on any atom is -0.440 e. The molecule has 1 amide bonds. The zero-order valence-corrected chi connectivity index (χ0v) is 12.6. The quantitative estimate of drug-likeness (QED) is 0.802. The van der Waals surface area contributed by atoms with Crippen LogP contribution in [-0.4, -0.2) is 25.7 Å². The maximum atomic E-state index is 13.0. The zero-order valence-electron chi connectivity index (χ0n) is 11.8. The summed E-state index contributed by atoms with van der Waals surface area (Å²) in [5, 5.41) is 6.52. The first-order valence-corrected chi connectivity index (χ1v) is 7.23. The Hall–Kier alpha value is -2.55. The number of halogens is 1. The molecule has 0 fully saturated rings. The number of carbonyl (C=O) groups excluding carboxylic acids is 1. The van der Waals surface area contributed by atoms with E-state index in [1.54, 1.807) is 11.4 Å². The molecule has 0 aliphatic heterocycles. The number of aromatic nitrogens is 4. The van der Waals surface area contributed by atoms with Gasteiger partial charge in [0.15, 0.2) is 0 Å². The van der Waals surface area contributed by atoms with E-state index < -0.39 is 18.0 Å². The lowest BCUT2D eigenvalue weighted by Gasteiger charge is -2.13. The molecule has 0 aromatic carbocycles. The van der Waals surface area contributed by atoms with E-state index in [2.05, 4.69) is 20.4 Å². The summed E-state index contributed by atoms with van der Waals surface area (Å²) in [6.45, 7) is 3.63. The molecule has 9 heteroatoms. The van der Waals surface area contributed by atoms with Crippen LogP contribution in [0.3, 0.4) is 0 Å². The van der Waals surface area contributed by atoms with Gasteiger partial charge in [-0.2, -0.15) is 5.10 Å². The molecule has 0 spiro atoms. The fourth-order valence-corrected chi connectivity index (χ4v) is 3.04. The van der Waals surface area contributed by atoms with Crippen LogP contribution in [0.15, 0.2) is 24.8 Å². The molecule has 3 rings (SSSR count). The number of fused-ring (bicyclic) bond motifs is 1. The van der Waals surface area contributed by atoms with Crippen molar-refractivity contribution in [3.8, 4) is 0 Å². The van der Waals surface area contributed by atoms with Gasteiger partial charge in [-0.1, -0.05) is 11.3 Å². The van der Waals surface area contributed by atoms with Gasteiger partial charge in [0.25, 0.3) is 0 Å². The predicted octanol–water partition coefficient (Wildman–Crippen LogP) is 2.94. The molecule has 1 atom stereocenters. The van der Waals surface area contributed by atoms with Gasteiger partial charge in [0, 0.05) is 6.07 Å². The first-order valence-electron chi connectivity index (χ1n) is 6.42. The Morgan fingerprint density at radius 3 is 3.05 bits per heavy atom. The van der Waals surface area contributed by atoms with Crippen molar-refractivity contribution in [2.75, 3.05) is 5.32 Å². The summed E-state index contributed by atoms with van der Waals surface area (Å²) in [6.07, 6.45) is 2.70. The molecule has 0 bridgehead atoms. The van der Waals surface area contributed by atoms with Gasteiger partial charge in [-0.25, -0.2) is 18.7 Å². The summed E-state index contributed by atoms with van der Waals surface area (Å²) in [7, 11) is 0. The van der Waals surface area contributed by atoms with Crippen LogP contribution in [0.2, 0.25) is 0 Å². The molecule has 114 valence electrons. The highest BCUT2D eigenvalue weighted by molar-refractivity contribution is 7.17. The monoisotopic (exact) mass is 321 g/mol. The Kier molecular flexibility index (Phi) is 3.72. The van der Waals surface area contributed by atoms with Gasteiger partial charge in [0.05, 0.1) is 28.7 Å². The maximum absolute atomic E-state index is 13.0. The van der Waals surface area contributed by atoms with Crippen molar-refractivity contribution in [1.29, 1.82) is 0 Å². The standard InChI is InChI=1S/C13H12FN5O2S/c1-7-11(22-12-16-6-17-19(7)12)8(2)21-13(20)18-10-3-9(14)4-15-5-10/h3-6,8H,1-2H3,(H,18,20). The lowest BCUT2D eigenvalue weighted by Crippen LogP contribution is -2.16. The van der Waals surface area contributed by atoms with Gasteiger partial charge < -0.3 is 4.74 Å². The van der Waals surface area contributed by atoms with Gasteiger partial charge >= 0.3 is 6.09 Å². The number of rotatable bonds is 3. The zero-order chi connectivity index (χ0) is 15.7. The molecule has 0 saturated carbocycles. The Morgan fingerprint density at radius 2 is 2.32 bits per heavy atom. The molecular weight excluding hydrogens is 309 g/mol. The molecule has 3 heterocycles. The summed E-state index contributed by atoms with van der Waals surface area (Å²) in [5.74, 6) is -0.535. The average molecular weight is 321 g/mol. The number of amides is 1. The summed E-state index contributed by atoms with van der Waals surface area (Å²) in [5.41, 5.74) is 1.10. The first kappa shape index (κ1) is 14.4. The van der Waals surface area contributed by atoms with E-state index in [1.165, 1.54) is 23.9 Å². The number of ether oxygens (including phenoxy) is 1. The number of nitrogens with zero attached hydrogens (tertiary/aromatic N) is 4. The van der Waals surface area contributed by atoms with Crippen molar-refractivity contribution < 1.29 is 13.9 Å². The van der Waals surface area contributed by atoms with Crippen molar-refractivity contribution >= 4 is 28.1 Å². The molecule has 3 aromatic heterocycles. The molecule has 0 radical (unpaired) electrons. The van der Waals surface area contributed by atoms with E-state index >= 15 is 0 Å². The lowest BCUT2D eigenvalue weighted by molar-refractivity contribution is 0.122. The number of pyridine rings is 1. The second-order valence-electron chi connectivity index (χ2n) is 4.57. The molecule has 0 aliphatic rings. The van der Waals surface area contributed by atoms with Gasteiger partial charge in [0.1, 0.15) is 18.2 Å². The number of anilines is 1. The second kappa shape index (κ2) is 5.68. The van der Waals surface area contributed by atoms with E-state index in [0.717, 1.165) is 27.8 Å². The van der Waals surface area contributed by atoms with E-state index in [-0.39, 0.29) is 5.69 Å². The molecule has 1 N–H and O–H groups in total. The number of hydrogen-bond acceptors (Lipinski definition) is 6. The average Bonchev–Trinajstić information content (AvgIpc) is 3.02. The first-order chi connectivity index (χ1) is 10.5. The molecule has 0 saturated heterocycles. The smallest absolute Gasteiger partial charge is 0.412 e. The van der Waals surface area contributed by atoms with Crippen LogP contribution in [0, 0.1) is 12.7 Å². The lowest BCUT2D eigenvalue weighted by atomic mass is 10.3. The summed E-state index contributed by atoms with van der Waals surface area (Å²) >= 11 is 1.40. The Morgan fingerprint density at radius 1 is 1.50 bits per heavy atom. The van der Waals surface area contributed by atoms with Crippen molar-refractivity contribution in [2.24, 2.45) is 0 Å². The van der Waals surface area contributed by atoms with Crippen molar-refractivity contribution in [3.05, 3.63) is 41.2 Å². The van der Waals surface area contributed by atoms with E-state index in [1.807, 2.05) is 6.92 Å². The fourth-order valence-electron chi connectivity index (χ4n) is 2.03. The van der Waals surface area contributed by atoms with Crippen LogP contribution in [0.25, 0.3) is 4.96 Å². The SMILES string of the molecule is Cc1c(C(C)OC(=O)Nc2cncc(F)c2)sc2ncnn12. The second-order valence-corrected chi connectivity index (χ2v) is 5.58. The Bertz CT molecular complexity index is 831. The largest absolute Gasteiger partial charge is 0.440 e. The van der Waals surface area contributed by atoms with Crippen LogP contribution in [0.5, 0.6) is 0 Å². The third-order valence-corrected chi connectivity index (χ3v) is 4.30. The van der Waals surface area contributed by atoms with Gasteiger partial charge in [-0.15, -0.1) is 0 Å². The molecule has 1 unspecified atom stereocenters. The number of aryl methyl sites for hydroxylation is 1. The highest BCUT2D eigenvalue weighted by atomic mass is 32.1. The third kappa shape index (κ3) is 2.75. The Balaban J connectivity index is 1.70. The highest BCUT2D eigenvalue weighted by Crippen LogP contribution is 2.29. The maximum Gasteiger partial charge on any atom is 0.412 e. The van der Waals surface area contributed by atoms with Crippen molar-refractivity contribution in [1.82, 2.24) is 19.6 Å². The van der Waals surface area contributed by atoms with Gasteiger partial charge in [-0.3, -0.25) is 10.3 Å². The number of thiazole rings is 1. The minimum atomic E-state index is -0.682. The van der Waals surface area contributed by atoms with Crippen LogP contribution in [-0.2, 0) is 4.74 Å². The number of hydrogen-bond donors (Lipinski definition) is 1. The van der Waals surface area contributed by atoms with Crippen molar-refractivity contribution in [3.63, 3.8) is 0 Å². The highest BCUT2D eigenvalue weighted by Gasteiger charge is 2.19. The minimum absolute atomic E-state index is 0.233. The van der Waals surface area contributed by atoms with Gasteiger partial charge in [0.2, 0.25) is 4.96 Å².